The van der Waals surface area contributed by atoms with Crippen LogP contribution in [0, 0.1) is 0 Å². The Morgan fingerprint density at radius 2 is 1.57 bits per heavy atom. The van der Waals surface area contributed by atoms with Crippen molar-refractivity contribution in [3.8, 4) is 11.5 Å². The van der Waals surface area contributed by atoms with Crippen LogP contribution in [0.15, 0.2) is 42.5 Å². The molecule has 0 aliphatic rings. The molecule has 124 valence electrons. The van der Waals surface area contributed by atoms with E-state index in [2.05, 4.69) is 19.1 Å². The molecule has 0 aliphatic carbocycles. The molecule has 2 aromatic rings. The maximum absolute atomic E-state index is 9.26. The fraction of sp³-hybridized carbons (Fsp3) is 0.368. The van der Waals surface area contributed by atoms with E-state index in [1.54, 1.807) is 0 Å². The van der Waals surface area contributed by atoms with E-state index in [4.69, 9.17) is 14.6 Å². The van der Waals surface area contributed by atoms with Gasteiger partial charge < -0.3 is 19.7 Å². The van der Waals surface area contributed by atoms with Gasteiger partial charge in [-0.3, -0.25) is 0 Å². The molecule has 2 aromatic carbocycles. The molecule has 0 aliphatic heterocycles. The fourth-order valence-electron chi connectivity index (χ4n) is 2.35. The highest BCUT2D eigenvalue weighted by molar-refractivity contribution is 5.38. The van der Waals surface area contributed by atoms with Crippen LogP contribution in [0.5, 0.6) is 11.5 Å². The number of benzene rings is 2. The van der Waals surface area contributed by atoms with Crippen LogP contribution in [-0.4, -0.2) is 23.6 Å². The number of aryl methyl sites for hydroxylation is 2. The quantitative estimate of drug-likeness (QED) is 0.698. The molecule has 0 unspecified atom stereocenters. The minimum Gasteiger partial charge on any atom is -0.494 e. The van der Waals surface area contributed by atoms with E-state index in [1.807, 2.05) is 30.3 Å². The van der Waals surface area contributed by atoms with E-state index in [0.717, 1.165) is 37.2 Å². The molecule has 0 atom stereocenters. The van der Waals surface area contributed by atoms with Crippen LogP contribution in [0.3, 0.4) is 0 Å². The molecule has 23 heavy (non-hydrogen) atoms. The van der Waals surface area contributed by atoms with Gasteiger partial charge in [0, 0.05) is 5.56 Å². The molecule has 0 saturated carbocycles. The monoisotopic (exact) mass is 316 g/mol. The van der Waals surface area contributed by atoms with Gasteiger partial charge in [-0.1, -0.05) is 31.2 Å². The minimum absolute atomic E-state index is 0.102. The van der Waals surface area contributed by atoms with E-state index in [9.17, 15) is 5.11 Å². The Balaban J connectivity index is 1.96. The molecule has 0 radical (unpaired) electrons. The number of hydrogen-bond acceptors (Lipinski definition) is 4. The number of hydrogen-bond donors (Lipinski definition) is 2. The zero-order chi connectivity index (χ0) is 16.5. The first-order valence-electron chi connectivity index (χ1n) is 7.95. The van der Waals surface area contributed by atoms with Crippen LogP contribution in [0.2, 0.25) is 0 Å². The molecule has 2 rings (SSSR count). The number of ether oxygens (including phenoxy) is 2. The standard InChI is InChI=1S/C19H24O4/c1-2-11-22-18-9-6-15(7-10-18)3-4-16-5-8-17(13-20)19(12-16)23-14-21/h5-10,12,20-21H,2-4,11,13-14H2,1H3. The second-order valence-electron chi connectivity index (χ2n) is 5.37. The molecular formula is C19H24O4. The van der Waals surface area contributed by atoms with Crippen LogP contribution in [0.25, 0.3) is 0 Å². The Hall–Kier alpha value is -2.04. The van der Waals surface area contributed by atoms with E-state index < -0.39 is 6.79 Å². The molecule has 0 heterocycles. The van der Waals surface area contributed by atoms with Crippen molar-refractivity contribution in [1.29, 1.82) is 0 Å². The molecule has 4 nitrogen and oxygen atoms in total. The van der Waals surface area contributed by atoms with Crippen LogP contribution in [-0.2, 0) is 19.4 Å². The Labute approximate surface area is 137 Å². The Kier molecular flexibility index (Phi) is 6.91. The summed E-state index contributed by atoms with van der Waals surface area (Å²) >= 11 is 0. The summed E-state index contributed by atoms with van der Waals surface area (Å²) in [4.78, 5) is 0. The van der Waals surface area contributed by atoms with Gasteiger partial charge in [0.2, 0.25) is 0 Å². The van der Waals surface area contributed by atoms with Gasteiger partial charge in [0.1, 0.15) is 11.5 Å². The third kappa shape index (κ3) is 5.27. The minimum atomic E-state index is -0.393. The second kappa shape index (κ2) is 9.18. The summed E-state index contributed by atoms with van der Waals surface area (Å²) < 4.78 is 10.7. The lowest BCUT2D eigenvalue weighted by atomic mass is 10.0. The zero-order valence-corrected chi connectivity index (χ0v) is 13.5. The molecule has 0 saturated heterocycles. The summed E-state index contributed by atoms with van der Waals surface area (Å²) in [5.41, 5.74) is 3.03. The summed E-state index contributed by atoms with van der Waals surface area (Å²) in [6, 6.07) is 13.9. The Morgan fingerprint density at radius 1 is 0.870 bits per heavy atom. The number of aliphatic hydroxyl groups excluding tert-OH is 2. The normalized spacial score (nSPS) is 10.6. The Bertz CT molecular complexity index is 593. The topological polar surface area (TPSA) is 58.9 Å². The van der Waals surface area contributed by atoms with Crippen molar-refractivity contribution in [1.82, 2.24) is 0 Å². The number of aliphatic hydroxyl groups is 2. The fourth-order valence-corrected chi connectivity index (χ4v) is 2.35. The van der Waals surface area contributed by atoms with E-state index >= 15 is 0 Å². The second-order valence-corrected chi connectivity index (χ2v) is 5.37. The maximum atomic E-state index is 9.26. The van der Waals surface area contributed by atoms with Crippen molar-refractivity contribution in [2.45, 2.75) is 32.8 Å². The van der Waals surface area contributed by atoms with Crippen LogP contribution < -0.4 is 9.47 Å². The molecule has 0 spiro atoms. The van der Waals surface area contributed by atoms with Crippen LogP contribution >= 0.6 is 0 Å². The highest BCUT2D eigenvalue weighted by Crippen LogP contribution is 2.22. The van der Waals surface area contributed by atoms with Gasteiger partial charge in [0.05, 0.1) is 13.2 Å². The van der Waals surface area contributed by atoms with Crippen molar-refractivity contribution in [2.24, 2.45) is 0 Å². The van der Waals surface area contributed by atoms with E-state index in [1.165, 1.54) is 5.56 Å². The SMILES string of the molecule is CCCOc1ccc(CCc2ccc(CO)c(OCO)c2)cc1. The van der Waals surface area contributed by atoms with Gasteiger partial charge in [0.25, 0.3) is 0 Å². The third-order valence-corrected chi connectivity index (χ3v) is 3.62. The molecule has 0 fully saturated rings. The molecule has 2 N–H and O–H groups in total. The van der Waals surface area contributed by atoms with Crippen molar-refractivity contribution >= 4 is 0 Å². The summed E-state index contributed by atoms with van der Waals surface area (Å²) in [7, 11) is 0. The molecule has 0 aromatic heterocycles. The lowest BCUT2D eigenvalue weighted by molar-refractivity contribution is 0.0958. The summed E-state index contributed by atoms with van der Waals surface area (Å²) in [6.07, 6.45) is 2.78. The van der Waals surface area contributed by atoms with Gasteiger partial charge in [-0.2, -0.15) is 0 Å². The van der Waals surface area contributed by atoms with Gasteiger partial charge in [-0.15, -0.1) is 0 Å². The lowest BCUT2D eigenvalue weighted by Gasteiger charge is -2.10. The predicted molar refractivity (Wildman–Crippen MR) is 89.7 cm³/mol. The average Bonchev–Trinajstić information content (AvgIpc) is 2.59. The lowest BCUT2D eigenvalue weighted by Crippen LogP contribution is -2.01. The Morgan fingerprint density at radius 3 is 2.22 bits per heavy atom. The predicted octanol–water partition coefficient (Wildman–Crippen LogP) is 3.08. The van der Waals surface area contributed by atoms with Gasteiger partial charge in [-0.25, -0.2) is 0 Å². The smallest absolute Gasteiger partial charge is 0.186 e. The molecule has 4 heteroatoms. The van der Waals surface area contributed by atoms with Crippen molar-refractivity contribution < 1.29 is 19.7 Å². The first kappa shape index (κ1) is 17.3. The first-order valence-corrected chi connectivity index (χ1v) is 7.95. The molecule has 0 bridgehead atoms. The highest BCUT2D eigenvalue weighted by atomic mass is 16.6. The van der Waals surface area contributed by atoms with Crippen molar-refractivity contribution in [3.05, 3.63) is 59.2 Å². The number of rotatable bonds is 9. The largest absolute Gasteiger partial charge is 0.494 e. The maximum Gasteiger partial charge on any atom is 0.186 e. The van der Waals surface area contributed by atoms with Gasteiger partial charge >= 0.3 is 0 Å². The summed E-state index contributed by atoms with van der Waals surface area (Å²) in [6.45, 7) is 2.33. The summed E-state index contributed by atoms with van der Waals surface area (Å²) in [5, 5.41) is 18.2. The van der Waals surface area contributed by atoms with Crippen LogP contribution in [0.4, 0.5) is 0 Å². The van der Waals surface area contributed by atoms with E-state index in [-0.39, 0.29) is 6.61 Å². The molecule has 0 amide bonds. The van der Waals surface area contributed by atoms with E-state index in [0.29, 0.717) is 11.3 Å². The molecular weight excluding hydrogens is 292 g/mol. The van der Waals surface area contributed by atoms with Crippen LogP contribution in [0.1, 0.15) is 30.0 Å². The summed E-state index contributed by atoms with van der Waals surface area (Å²) in [5.74, 6) is 1.44. The average molecular weight is 316 g/mol. The highest BCUT2D eigenvalue weighted by Gasteiger charge is 2.05. The van der Waals surface area contributed by atoms with Crippen molar-refractivity contribution in [2.75, 3.05) is 13.4 Å². The van der Waals surface area contributed by atoms with Gasteiger partial charge in [-0.05, 0) is 48.6 Å². The first-order chi connectivity index (χ1) is 11.3. The zero-order valence-electron chi connectivity index (χ0n) is 13.5. The third-order valence-electron chi connectivity index (χ3n) is 3.62. The van der Waals surface area contributed by atoms with Gasteiger partial charge in [0.15, 0.2) is 6.79 Å². The van der Waals surface area contributed by atoms with Crippen molar-refractivity contribution in [3.63, 3.8) is 0 Å².